The highest BCUT2D eigenvalue weighted by Gasteiger charge is 2.27. The molecule has 1 aromatic heterocycles. The number of thioether (sulfide) groups is 1. The topological polar surface area (TPSA) is 93.5 Å². The van der Waals surface area contributed by atoms with E-state index in [1.165, 1.54) is 16.1 Å². The molecule has 0 spiro atoms. The van der Waals surface area contributed by atoms with Gasteiger partial charge in [-0.3, -0.25) is 4.79 Å². The first-order chi connectivity index (χ1) is 15.4. The maximum absolute atomic E-state index is 13.0. The number of hydrogen-bond donors (Lipinski definition) is 1. The van der Waals surface area contributed by atoms with Crippen LogP contribution in [0.4, 0.5) is 5.69 Å². The van der Waals surface area contributed by atoms with E-state index < -0.39 is 10.0 Å². The highest BCUT2D eigenvalue weighted by Crippen LogP contribution is 2.30. The van der Waals surface area contributed by atoms with Crippen molar-refractivity contribution in [2.24, 2.45) is 0 Å². The Kier molecular flexibility index (Phi) is 6.85. The molecule has 1 aliphatic rings. The number of benzene rings is 2. The van der Waals surface area contributed by atoms with Crippen LogP contribution in [0.5, 0.6) is 0 Å². The number of aromatic nitrogens is 2. The molecule has 3 aromatic rings. The molecule has 0 aliphatic carbocycles. The van der Waals surface area contributed by atoms with Crippen LogP contribution in [-0.2, 0) is 26.1 Å². The van der Waals surface area contributed by atoms with Gasteiger partial charge in [0.15, 0.2) is 5.16 Å². The van der Waals surface area contributed by atoms with Gasteiger partial charge in [0.2, 0.25) is 15.9 Å². The molecule has 1 saturated heterocycles. The van der Waals surface area contributed by atoms with Crippen LogP contribution < -0.4 is 5.32 Å². The molecule has 8 nitrogen and oxygen atoms in total. The number of morpholine rings is 1. The Balaban J connectivity index is 1.57. The first kappa shape index (κ1) is 22.8. The molecule has 0 bridgehead atoms. The van der Waals surface area contributed by atoms with E-state index in [0.29, 0.717) is 43.5 Å². The van der Waals surface area contributed by atoms with E-state index in [1.54, 1.807) is 18.2 Å². The van der Waals surface area contributed by atoms with Gasteiger partial charge in [-0.15, -0.1) is 0 Å². The molecular formula is C22H26N4O4S2. The Labute approximate surface area is 192 Å². The number of imidazole rings is 1. The summed E-state index contributed by atoms with van der Waals surface area (Å²) in [5, 5.41) is 3.21. The van der Waals surface area contributed by atoms with Gasteiger partial charge in [-0.05, 0) is 44.2 Å². The second kappa shape index (κ2) is 9.62. The van der Waals surface area contributed by atoms with E-state index in [0.717, 1.165) is 11.2 Å². The number of sulfonamides is 1. The molecule has 0 saturated carbocycles. The average Bonchev–Trinajstić information content (AvgIpc) is 3.16. The van der Waals surface area contributed by atoms with Crippen LogP contribution in [0, 0.1) is 0 Å². The van der Waals surface area contributed by atoms with Crippen molar-refractivity contribution >= 4 is 44.4 Å². The molecule has 2 aromatic carbocycles. The van der Waals surface area contributed by atoms with Gasteiger partial charge in [0.1, 0.15) is 0 Å². The fourth-order valence-electron chi connectivity index (χ4n) is 3.56. The molecule has 170 valence electrons. The van der Waals surface area contributed by atoms with Crippen molar-refractivity contribution in [2.75, 3.05) is 31.6 Å². The molecule has 2 heterocycles. The van der Waals surface area contributed by atoms with Crippen molar-refractivity contribution in [1.29, 1.82) is 0 Å². The predicted octanol–water partition coefficient (Wildman–Crippen LogP) is 3.20. The number of fused-ring (bicyclic) bond motifs is 1. The van der Waals surface area contributed by atoms with E-state index in [1.807, 2.05) is 48.7 Å². The summed E-state index contributed by atoms with van der Waals surface area (Å²) in [6.07, 6.45) is 0. The van der Waals surface area contributed by atoms with Gasteiger partial charge in [0.25, 0.3) is 0 Å². The van der Waals surface area contributed by atoms with E-state index >= 15 is 0 Å². The van der Waals surface area contributed by atoms with Crippen LogP contribution >= 0.6 is 11.8 Å². The summed E-state index contributed by atoms with van der Waals surface area (Å²) in [5.41, 5.74) is 2.18. The lowest BCUT2D eigenvalue weighted by Gasteiger charge is -2.26. The molecule has 32 heavy (non-hydrogen) atoms. The minimum Gasteiger partial charge on any atom is -0.379 e. The first-order valence-electron chi connectivity index (χ1n) is 10.5. The van der Waals surface area contributed by atoms with Crippen LogP contribution in [-0.4, -0.2) is 59.7 Å². The zero-order valence-corrected chi connectivity index (χ0v) is 19.7. The fourth-order valence-corrected chi connectivity index (χ4v) is 5.97. The number of rotatable bonds is 7. The Bertz CT molecular complexity index is 1210. The Morgan fingerprint density at radius 3 is 2.59 bits per heavy atom. The van der Waals surface area contributed by atoms with Gasteiger partial charge >= 0.3 is 0 Å². The molecule has 0 unspecified atom stereocenters. The highest BCUT2D eigenvalue weighted by molar-refractivity contribution is 8.00. The van der Waals surface area contributed by atoms with Gasteiger partial charge in [-0.25, -0.2) is 13.4 Å². The normalized spacial score (nSPS) is 16.2. The second-order valence-corrected chi connectivity index (χ2v) is 10.7. The van der Waals surface area contributed by atoms with Crippen molar-refractivity contribution in [3.05, 3.63) is 48.5 Å². The SMILES string of the molecule is CCn1c(S[C@@H](C)C(=O)Nc2ccccc2)nc2cc(S(=O)(=O)N3CCOCC3)ccc21. The number of carbonyl (C=O) groups is 1. The maximum atomic E-state index is 13.0. The van der Waals surface area contributed by atoms with E-state index in [-0.39, 0.29) is 16.1 Å². The van der Waals surface area contributed by atoms with E-state index in [4.69, 9.17) is 4.74 Å². The molecule has 1 atom stereocenters. The van der Waals surface area contributed by atoms with Crippen LogP contribution in [0.25, 0.3) is 11.0 Å². The maximum Gasteiger partial charge on any atom is 0.243 e. The quantitative estimate of drug-likeness (QED) is 0.529. The highest BCUT2D eigenvalue weighted by atomic mass is 32.2. The van der Waals surface area contributed by atoms with Crippen molar-refractivity contribution < 1.29 is 17.9 Å². The lowest BCUT2D eigenvalue weighted by atomic mass is 10.3. The van der Waals surface area contributed by atoms with Crippen LogP contribution in [0.15, 0.2) is 58.6 Å². The number of carbonyl (C=O) groups excluding carboxylic acids is 1. The zero-order chi connectivity index (χ0) is 22.7. The Hall–Kier alpha value is -2.40. The third kappa shape index (κ3) is 4.68. The van der Waals surface area contributed by atoms with Gasteiger partial charge in [-0.2, -0.15) is 4.31 Å². The Morgan fingerprint density at radius 2 is 1.91 bits per heavy atom. The summed E-state index contributed by atoms with van der Waals surface area (Å²) in [4.78, 5) is 17.5. The van der Waals surface area contributed by atoms with Gasteiger partial charge < -0.3 is 14.6 Å². The molecule has 1 aliphatic heterocycles. The largest absolute Gasteiger partial charge is 0.379 e. The number of nitrogens with zero attached hydrogens (tertiary/aromatic N) is 3. The molecule has 0 radical (unpaired) electrons. The van der Waals surface area contributed by atoms with Crippen LogP contribution in [0.1, 0.15) is 13.8 Å². The fraction of sp³-hybridized carbons (Fsp3) is 0.364. The van der Waals surface area contributed by atoms with Crippen molar-refractivity contribution in [3.63, 3.8) is 0 Å². The lowest BCUT2D eigenvalue weighted by Crippen LogP contribution is -2.40. The van der Waals surface area contributed by atoms with Crippen molar-refractivity contribution in [2.45, 2.75) is 35.7 Å². The van der Waals surface area contributed by atoms with Crippen LogP contribution in [0.2, 0.25) is 0 Å². The smallest absolute Gasteiger partial charge is 0.243 e. The number of anilines is 1. The molecule has 1 fully saturated rings. The van der Waals surface area contributed by atoms with Gasteiger partial charge in [-0.1, -0.05) is 30.0 Å². The number of aryl methyl sites for hydroxylation is 1. The summed E-state index contributed by atoms with van der Waals surface area (Å²) < 4.78 is 34.7. The predicted molar refractivity (Wildman–Crippen MR) is 125 cm³/mol. The number of para-hydroxylation sites is 1. The van der Waals surface area contributed by atoms with Crippen LogP contribution in [0.3, 0.4) is 0 Å². The number of ether oxygens (including phenoxy) is 1. The molecular weight excluding hydrogens is 448 g/mol. The summed E-state index contributed by atoms with van der Waals surface area (Å²) in [6, 6.07) is 14.3. The molecule has 1 amide bonds. The third-order valence-electron chi connectivity index (χ3n) is 5.30. The third-order valence-corrected chi connectivity index (χ3v) is 8.29. The number of amides is 1. The monoisotopic (exact) mass is 474 g/mol. The standard InChI is InChI=1S/C22H26N4O4S2/c1-3-26-20-10-9-18(32(28,29)25-11-13-30-14-12-25)15-19(20)24-22(26)31-16(2)21(27)23-17-7-5-4-6-8-17/h4-10,15-16H,3,11-14H2,1-2H3,(H,23,27)/t16-/m0/s1. The minimum absolute atomic E-state index is 0.119. The van der Waals surface area contributed by atoms with Crippen molar-refractivity contribution in [3.8, 4) is 0 Å². The number of hydrogen-bond acceptors (Lipinski definition) is 6. The average molecular weight is 475 g/mol. The summed E-state index contributed by atoms with van der Waals surface area (Å²) in [7, 11) is -3.60. The van der Waals surface area contributed by atoms with E-state index in [2.05, 4.69) is 10.3 Å². The van der Waals surface area contributed by atoms with Gasteiger partial charge in [0.05, 0.1) is 34.4 Å². The first-order valence-corrected chi connectivity index (χ1v) is 12.8. The summed E-state index contributed by atoms with van der Waals surface area (Å²) in [6.45, 7) is 5.97. The Morgan fingerprint density at radius 1 is 1.19 bits per heavy atom. The molecule has 10 heteroatoms. The van der Waals surface area contributed by atoms with E-state index in [9.17, 15) is 13.2 Å². The summed E-state index contributed by atoms with van der Waals surface area (Å²) >= 11 is 1.35. The zero-order valence-electron chi connectivity index (χ0n) is 18.0. The number of nitrogens with one attached hydrogen (secondary N) is 1. The summed E-state index contributed by atoms with van der Waals surface area (Å²) in [5.74, 6) is -0.119. The van der Waals surface area contributed by atoms with Crippen molar-refractivity contribution in [1.82, 2.24) is 13.9 Å². The molecule has 1 N–H and O–H groups in total. The molecule has 4 rings (SSSR count). The minimum atomic E-state index is -3.60. The second-order valence-electron chi connectivity index (χ2n) is 7.42. The lowest BCUT2D eigenvalue weighted by molar-refractivity contribution is -0.115. The van der Waals surface area contributed by atoms with Gasteiger partial charge in [0, 0.05) is 25.3 Å².